The lowest BCUT2D eigenvalue weighted by Gasteiger charge is -2.18. The Morgan fingerprint density at radius 3 is 2.71 bits per heavy atom. The van der Waals surface area contributed by atoms with E-state index in [9.17, 15) is 9.90 Å². The third-order valence-electron chi connectivity index (χ3n) is 2.09. The zero-order valence-electron chi connectivity index (χ0n) is 10.1. The SMILES string of the molecule is COc1ccc(Cl)cc1C(=O)NCC(C)(C)O. The molecule has 0 aliphatic carbocycles. The van der Waals surface area contributed by atoms with Gasteiger partial charge in [-0.1, -0.05) is 11.6 Å². The van der Waals surface area contributed by atoms with E-state index in [0.29, 0.717) is 16.3 Å². The first-order chi connectivity index (χ1) is 7.83. The van der Waals surface area contributed by atoms with Gasteiger partial charge in [0.15, 0.2) is 0 Å². The van der Waals surface area contributed by atoms with Crippen LogP contribution in [-0.2, 0) is 0 Å². The van der Waals surface area contributed by atoms with Crippen LogP contribution in [0.4, 0.5) is 0 Å². The average Bonchev–Trinajstić information content (AvgIpc) is 2.25. The monoisotopic (exact) mass is 257 g/mol. The number of halogens is 1. The number of aliphatic hydroxyl groups is 1. The molecule has 17 heavy (non-hydrogen) atoms. The molecule has 0 bridgehead atoms. The Morgan fingerprint density at radius 2 is 2.18 bits per heavy atom. The maximum absolute atomic E-state index is 11.9. The molecule has 5 heteroatoms. The molecule has 0 heterocycles. The molecule has 1 amide bonds. The molecule has 0 saturated heterocycles. The van der Waals surface area contributed by atoms with Crippen LogP contribution < -0.4 is 10.1 Å². The van der Waals surface area contributed by atoms with Gasteiger partial charge in [-0.15, -0.1) is 0 Å². The van der Waals surface area contributed by atoms with Crippen LogP contribution >= 0.6 is 11.6 Å². The summed E-state index contributed by atoms with van der Waals surface area (Å²) in [5.74, 6) is 0.120. The van der Waals surface area contributed by atoms with Crippen LogP contribution in [0.5, 0.6) is 5.75 Å². The van der Waals surface area contributed by atoms with Crippen molar-refractivity contribution in [2.75, 3.05) is 13.7 Å². The van der Waals surface area contributed by atoms with Crippen molar-refractivity contribution < 1.29 is 14.6 Å². The van der Waals surface area contributed by atoms with Crippen LogP contribution in [0, 0.1) is 0 Å². The number of carbonyl (C=O) groups excluding carboxylic acids is 1. The molecule has 0 fully saturated rings. The van der Waals surface area contributed by atoms with Crippen molar-refractivity contribution in [1.29, 1.82) is 0 Å². The van der Waals surface area contributed by atoms with Gasteiger partial charge >= 0.3 is 0 Å². The van der Waals surface area contributed by atoms with Crippen molar-refractivity contribution in [3.05, 3.63) is 28.8 Å². The van der Waals surface area contributed by atoms with Crippen LogP contribution in [0.15, 0.2) is 18.2 Å². The first kappa shape index (κ1) is 13.8. The van der Waals surface area contributed by atoms with Gasteiger partial charge < -0.3 is 15.2 Å². The quantitative estimate of drug-likeness (QED) is 0.866. The van der Waals surface area contributed by atoms with E-state index < -0.39 is 5.60 Å². The number of carbonyl (C=O) groups is 1. The van der Waals surface area contributed by atoms with Crippen molar-refractivity contribution in [2.45, 2.75) is 19.4 Å². The normalized spacial score (nSPS) is 11.1. The smallest absolute Gasteiger partial charge is 0.255 e. The molecule has 0 unspecified atom stereocenters. The Morgan fingerprint density at radius 1 is 1.53 bits per heavy atom. The van der Waals surface area contributed by atoms with Crippen molar-refractivity contribution in [3.63, 3.8) is 0 Å². The summed E-state index contributed by atoms with van der Waals surface area (Å²) in [6.07, 6.45) is 0. The fourth-order valence-corrected chi connectivity index (χ4v) is 1.42. The molecule has 1 aromatic rings. The third-order valence-corrected chi connectivity index (χ3v) is 2.32. The minimum Gasteiger partial charge on any atom is -0.496 e. The predicted molar refractivity (Wildman–Crippen MR) is 66.6 cm³/mol. The van der Waals surface area contributed by atoms with Gasteiger partial charge in [0.25, 0.3) is 5.91 Å². The maximum Gasteiger partial charge on any atom is 0.255 e. The Bertz CT molecular complexity index is 413. The second-order valence-corrected chi connectivity index (χ2v) is 4.78. The van der Waals surface area contributed by atoms with Crippen molar-refractivity contribution >= 4 is 17.5 Å². The highest BCUT2D eigenvalue weighted by molar-refractivity contribution is 6.31. The lowest BCUT2D eigenvalue weighted by Crippen LogP contribution is -2.38. The summed E-state index contributed by atoms with van der Waals surface area (Å²) in [7, 11) is 1.48. The average molecular weight is 258 g/mol. The van der Waals surface area contributed by atoms with Gasteiger partial charge in [0, 0.05) is 11.6 Å². The maximum atomic E-state index is 11.9. The number of ether oxygens (including phenoxy) is 1. The largest absolute Gasteiger partial charge is 0.496 e. The van der Waals surface area contributed by atoms with Gasteiger partial charge in [0.05, 0.1) is 18.3 Å². The van der Waals surface area contributed by atoms with E-state index in [0.717, 1.165) is 0 Å². The Labute approximate surface area is 106 Å². The first-order valence-corrected chi connectivity index (χ1v) is 5.55. The van der Waals surface area contributed by atoms with Crippen molar-refractivity contribution in [1.82, 2.24) is 5.32 Å². The molecule has 1 rings (SSSR count). The highest BCUT2D eigenvalue weighted by Crippen LogP contribution is 2.22. The van der Waals surface area contributed by atoms with Gasteiger partial charge in [0.1, 0.15) is 5.75 Å². The van der Waals surface area contributed by atoms with E-state index in [1.165, 1.54) is 13.2 Å². The molecule has 0 radical (unpaired) electrons. The highest BCUT2D eigenvalue weighted by Gasteiger charge is 2.17. The van der Waals surface area contributed by atoms with E-state index in [-0.39, 0.29) is 12.5 Å². The summed E-state index contributed by atoms with van der Waals surface area (Å²) in [4.78, 5) is 11.9. The fourth-order valence-electron chi connectivity index (χ4n) is 1.25. The summed E-state index contributed by atoms with van der Waals surface area (Å²) in [5.41, 5.74) is -0.606. The molecular weight excluding hydrogens is 242 g/mol. The molecule has 0 aliphatic heterocycles. The van der Waals surface area contributed by atoms with Crippen LogP contribution in [0.2, 0.25) is 5.02 Å². The molecule has 0 saturated carbocycles. The molecular formula is C12H16ClNO3. The summed E-state index contributed by atoms with van der Waals surface area (Å²) < 4.78 is 5.07. The summed E-state index contributed by atoms with van der Waals surface area (Å²) in [6.45, 7) is 3.38. The second kappa shape index (κ2) is 5.38. The zero-order chi connectivity index (χ0) is 13.1. The molecule has 0 spiro atoms. The lowest BCUT2D eigenvalue weighted by atomic mass is 10.1. The number of hydrogen-bond acceptors (Lipinski definition) is 3. The van der Waals surface area contributed by atoms with Crippen LogP contribution in [-0.4, -0.2) is 30.3 Å². The molecule has 1 aromatic carbocycles. The first-order valence-electron chi connectivity index (χ1n) is 5.17. The van der Waals surface area contributed by atoms with Gasteiger partial charge in [0.2, 0.25) is 0 Å². The number of rotatable bonds is 4. The standard InChI is InChI=1S/C12H16ClNO3/c1-12(2,16)7-14-11(15)9-6-8(13)4-5-10(9)17-3/h4-6,16H,7H2,1-3H3,(H,14,15). The molecule has 0 aromatic heterocycles. The van der Waals surface area contributed by atoms with Crippen molar-refractivity contribution in [3.8, 4) is 5.75 Å². The molecule has 2 N–H and O–H groups in total. The molecule has 0 aliphatic rings. The van der Waals surface area contributed by atoms with E-state index in [2.05, 4.69) is 5.32 Å². The summed E-state index contributed by atoms with van der Waals surface area (Å²) >= 11 is 5.82. The minimum atomic E-state index is -0.957. The number of methoxy groups -OCH3 is 1. The molecule has 94 valence electrons. The summed E-state index contributed by atoms with van der Waals surface area (Å²) in [6, 6.07) is 4.80. The Kier molecular flexibility index (Phi) is 4.37. The number of benzene rings is 1. The van der Waals surface area contributed by atoms with Gasteiger partial charge in [-0.05, 0) is 32.0 Å². The van der Waals surface area contributed by atoms with Crippen LogP contribution in [0.1, 0.15) is 24.2 Å². The Hall–Kier alpha value is -1.26. The number of nitrogens with one attached hydrogen (secondary N) is 1. The van der Waals surface area contributed by atoms with Gasteiger partial charge in [-0.2, -0.15) is 0 Å². The van der Waals surface area contributed by atoms with Crippen LogP contribution in [0.25, 0.3) is 0 Å². The summed E-state index contributed by atoms with van der Waals surface area (Å²) in [5, 5.41) is 12.6. The van der Waals surface area contributed by atoms with E-state index in [4.69, 9.17) is 16.3 Å². The fraction of sp³-hybridized carbons (Fsp3) is 0.417. The lowest BCUT2D eigenvalue weighted by molar-refractivity contribution is 0.0693. The molecule has 0 atom stereocenters. The topological polar surface area (TPSA) is 58.6 Å². The highest BCUT2D eigenvalue weighted by atomic mass is 35.5. The molecule has 4 nitrogen and oxygen atoms in total. The number of hydrogen-bond donors (Lipinski definition) is 2. The second-order valence-electron chi connectivity index (χ2n) is 4.34. The van der Waals surface area contributed by atoms with E-state index >= 15 is 0 Å². The Balaban J connectivity index is 2.84. The zero-order valence-corrected chi connectivity index (χ0v) is 10.8. The minimum absolute atomic E-state index is 0.154. The van der Waals surface area contributed by atoms with Crippen LogP contribution in [0.3, 0.4) is 0 Å². The predicted octanol–water partition coefficient (Wildman–Crippen LogP) is 1.85. The van der Waals surface area contributed by atoms with Gasteiger partial charge in [-0.25, -0.2) is 0 Å². The van der Waals surface area contributed by atoms with Crippen molar-refractivity contribution in [2.24, 2.45) is 0 Å². The van der Waals surface area contributed by atoms with E-state index in [1.54, 1.807) is 26.0 Å². The van der Waals surface area contributed by atoms with E-state index in [1.807, 2.05) is 0 Å². The van der Waals surface area contributed by atoms with Gasteiger partial charge in [-0.3, -0.25) is 4.79 Å². The third kappa shape index (κ3) is 4.24. The number of amides is 1.